The first-order valence-electron chi connectivity index (χ1n) is 9.22. The third-order valence-electron chi connectivity index (χ3n) is 5.99. The number of hydrogen-bond donors (Lipinski definition) is 2. The van der Waals surface area contributed by atoms with Crippen molar-refractivity contribution in [2.24, 2.45) is 0 Å². The summed E-state index contributed by atoms with van der Waals surface area (Å²) in [4.78, 5) is 0. The molecule has 1 atom stereocenters. The van der Waals surface area contributed by atoms with Gasteiger partial charge in [0.1, 0.15) is 0 Å². The van der Waals surface area contributed by atoms with E-state index in [0.717, 1.165) is 25.3 Å². The molecule has 2 N–H and O–H groups in total. The van der Waals surface area contributed by atoms with E-state index in [4.69, 9.17) is 4.74 Å². The largest absolute Gasteiger partial charge is 0.384 e. The molecule has 25 heavy (non-hydrogen) atoms. The molecular weight excluding hydrogens is 308 g/mol. The van der Waals surface area contributed by atoms with Crippen molar-refractivity contribution < 1.29 is 4.74 Å². The first-order valence-corrected chi connectivity index (χ1v) is 9.22. The van der Waals surface area contributed by atoms with Gasteiger partial charge in [0, 0.05) is 36.4 Å². The van der Waals surface area contributed by atoms with Gasteiger partial charge in [-0.2, -0.15) is 0 Å². The van der Waals surface area contributed by atoms with Crippen LogP contribution in [0.4, 0.5) is 11.4 Å². The Morgan fingerprint density at radius 3 is 2.68 bits per heavy atom. The molecule has 0 amide bonds. The van der Waals surface area contributed by atoms with E-state index >= 15 is 0 Å². The molecule has 3 heteroatoms. The molecule has 2 aromatic carbocycles. The van der Waals surface area contributed by atoms with Gasteiger partial charge in [0.25, 0.3) is 0 Å². The molecule has 132 valence electrons. The van der Waals surface area contributed by atoms with Crippen molar-refractivity contribution in [1.29, 1.82) is 0 Å². The van der Waals surface area contributed by atoms with Crippen LogP contribution in [0.15, 0.2) is 36.4 Å². The third kappa shape index (κ3) is 2.71. The minimum Gasteiger partial charge on any atom is -0.384 e. The smallest absolute Gasteiger partial charge is 0.0884 e. The molecule has 2 heterocycles. The molecule has 2 aromatic rings. The van der Waals surface area contributed by atoms with Crippen molar-refractivity contribution in [3.05, 3.63) is 58.7 Å². The number of aryl methyl sites for hydroxylation is 1. The van der Waals surface area contributed by atoms with Gasteiger partial charge in [-0.15, -0.1) is 0 Å². The van der Waals surface area contributed by atoms with E-state index in [1.807, 2.05) is 0 Å². The fraction of sp³-hybridized carbons (Fsp3) is 0.455. The Morgan fingerprint density at radius 2 is 1.92 bits per heavy atom. The van der Waals surface area contributed by atoms with Crippen molar-refractivity contribution in [1.82, 2.24) is 0 Å². The fourth-order valence-electron chi connectivity index (χ4n) is 4.26. The highest BCUT2D eigenvalue weighted by molar-refractivity contribution is 5.67. The Labute approximate surface area is 150 Å². The standard InChI is InChI=1S/C22H28N2O/c1-15-6-5-7-18(16(15)2)22(10-11-25-14-22)24-17-8-9-19-20(12-17)23-13-21(19,3)4/h5-9,12,23-24H,10-11,13-14H2,1-4H3. The topological polar surface area (TPSA) is 33.3 Å². The second-order valence-corrected chi connectivity index (χ2v) is 8.25. The molecule has 0 bridgehead atoms. The van der Waals surface area contributed by atoms with Crippen molar-refractivity contribution in [2.45, 2.75) is 45.1 Å². The monoisotopic (exact) mass is 336 g/mol. The molecule has 1 unspecified atom stereocenters. The van der Waals surface area contributed by atoms with E-state index in [2.05, 4.69) is 74.7 Å². The van der Waals surface area contributed by atoms with E-state index in [0.29, 0.717) is 6.61 Å². The van der Waals surface area contributed by atoms with Gasteiger partial charge in [-0.1, -0.05) is 38.1 Å². The molecule has 0 spiro atoms. The highest BCUT2D eigenvalue weighted by Gasteiger charge is 2.38. The Kier molecular flexibility index (Phi) is 3.80. The maximum Gasteiger partial charge on any atom is 0.0884 e. The molecule has 0 aromatic heterocycles. The minimum absolute atomic E-state index is 0.140. The predicted molar refractivity (Wildman–Crippen MR) is 105 cm³/mol. The Bertz CT molecular complexity index is 804. The molecule has 4 rings (SSSR count). The number of anilines is 2. The highest BCUT2D eigenvalue weighted by Crippen LogP contribution is 2.41. The number of rotatable bonds is 3. The van der Waals surface area contributed by atoms with Crippen LogP contribution in [0.1, 0.15) is 42.5 Å². The number of fused-ring (bicyclic) bond motifs is 1. The average Bonchev–Trinajstić information content (AvgIpc) is 3.16. The maximum absolute atomic E-state index is 5.83. The van der Waals surface area contributed by atoms with Crippen LogP contribution in [0.2, 0.25) is 0 Å². The summed E-state index contributed by atoms with van der Waals surface area (Å²) in [5.41, 5.74) is 7.94. The van der Waals surface area contributed by atoms with E-state index in [1.165, 1.54) is 27.9 Å². The van der Waals surface area contributed by atoms with Crippen molar-refractivity contribution in [3.63, 3.8) is 0 Å². The van der Waals surface area contributed by atoms with Gasteiger partial charge < -0.3 is 15.4 Å². The summed E-state index contributed by atoms with van der Waals surface area (Å²) in [7, 11) is 0. The SMILES string of the molecule is Cc1cccc(C2(Nc3ccc4c(c3)NCC4(C)C)CCOC2)c1C. The lowest BCUT2D eigenvalue weighted by Gasteiger charge is -2.33. The molecule has 0 aliphatic carbocycles. The van der Waals surface area contributed by atoms with Gasteiger partial charge in [-0.25, -0.2) is 0 Å². The number of ether oxygens (including phenoxy) is 1. The van der Waals surface area contributed by atoms with Crippen molar-refractivity contribution in [2.75, 3.05) is 30.4 Å². The van der Waals surface area contributed by atoms with E-state index < -0.39 is 0 Å². The van der Waals surface area contributed by atoms with Gasteiger partial charge in [-0.3, -0.25) is 0 Å². The fourth-order valence-corrected chi connectivity index (χ4v) is 4.26. The number of hydrogen-bond acceptors (Lipinski definition) is 3. The van der Waals surface area contributed by atoms with E-state index in [1.54, 1.807) is 0 Å². The summed E-state index contributed by atoms with van der Waals surface area (Å²) in [6.07, 6.45) is 0.993. The predicted octanol–water partition coefficient (Wildman–Crippen LogP) is 4.73. The minimum atomic E-state index is -0.140. The summed E-state index contributed by atoms with van der Waals surface area (Å²) in [6.45, 7) is 11.5. The van der Waals surface area contributed by atoms with Gasteiger partial charge in [0.15, 0.2) is 0 Å². The molecule has 2 aliphatic rings. The van der Waals surface area contributed by atoms with Crippen molar-refractivity contribution in [3.8, 4) is 0 Å². The Balaban J connectivity index is 1.71. The molecule has 3 nitrogen and oxygen atoms in total. The summed E-state index contributed by atoms with van der Waals surface area (Å²) >= 11 is 0. The molecule has 0 radical (unpaired) electrons. The Hall–Kier alpha value is -2.00. The quantitative estimate of drug-likeness (QED) is 0.850. The summed E-state index contributed by atoms with van der Waals surface area (Å²) in [6, 6.07) is 13.3. The first kappa shape index (κ1) is 16.5. The molecule has 1 saturated heterocycles. The lowest BCUT2D eigenvalue weighted by atomic mass is 9.84. The van der Waals surface area contributed by atoms with Crippen LogP contribution < -0.4 is 10.6 Å². The molecular formula is C22H28N2O. The van der Waals surface area contributed by atoms with Crippen LogP contribution in [-0.4, -0.2) is 19.8 Å². The zero-order chi connectivity index (χ0) is 17.7. The highest BCUT2D eigenvalue weighted by atomic mass is 16.5. The third-order valence-corrected chi connectivity index (χ3v) is 5.99. The van der Waals surface area contributed by atoms with Crippen molar-refractivity contribution >= 4 is 11.4 Å². The number of nitrogens with one attached hydrogen (secondary N) is 2. The molecule has 2 aliphatic heterocycles. The lowest BCUT2D eigenvalue weighted by Crippen LogP contribution is -2.36. The molecule has 0 saturated carbocycles. The van der Waals surface area contributed by atoms with Crippen LogP contribution in [0, 0.1) is 13.8 Å². The van der Waals surface area contributed by atoms with E-state index in [9.17, 15) is 0 Å². The molecule has 1 fully saturated rings. The van der Waals surface area contributed by atoms with Gasteiger partial charge in [-0.05, 0) is 48.2 Å². The lowest BCUT2D eigenvalue weighted by molar-refractivity contribution is 0.182. The first-order chi connectivity index (χ1) is 11.9. The normalized spacial score (nSPS) is 24.0. The second kappa shape index (κ2) is 5.77. The van der Waals surface area contributed by atoms with Gasteiger partial charge >= 0.3 is 0 Å². The maximum atomic E-state index is 5.83. The van der Waals surface area contributed by atoms with Crippen LogP contribution in [0.5, 0.6) is 0 Å². The van der Waals surface area contributed by atoms with Crippen LogP contribution >= 0.6 is 0 Å². The van der Waals surface area contributed by atoms with E-state index in [-0.39, 0.29) is 11.0 Å². The summed E-state index contributed by atoms with van der Waals surface area (Å²) in [5.74, 6) is 0. The Morgan fingerprint density at radius 1 is 1.08 bits per heavy atom. The van der Waals surface area contributed by atoms with Crippen LogP contribution in [0.3, 0.4) is 0 Å². The zero-order valence-corrected chi connectivity index (χ0v) is 15.7. The van der Waals surface area contributed by atoms with Crippen LogP contribution in [0.25, 0.3) is 0 Å². The van der Waals surface area contributed by atoms with Gasteiger partial charge in [0.05, 0.1) is 12.1 Å². The second-order valence-electron chi connectivity index (χ2n) is 8.25. The number of benzene rings is 2. The summed E-state index contributed by atoms with van der Waals surface area (Å²) in [5, 5.41) is 7.39. The average molecular weight is 336 g/mol. The zero-order valence-electron chi connectivity index (χ0n) is 15.7. The summed E-state index contributed by atoms with van der Waals surface area (Å²) < 4.78 is 5.83. The van der Waals surface area contributed by atoms with Gasteiger partial charge in [0.2, 0.25) is 0 Å². The van der Waals surface area contributed by atoms with Crippen LogP contribution in [-0.2, 0) is 15.7 Å².